The maximum absolute atomic E-state index is 6.20. The molecule has 0 amide bonds. The molecule has 0 unspecified atom stereocenters. The maximum Gasteiger partial charge on any atom is 0.128 e. The minimum Gasteiger partial charge on any atom is -0.457 e. The van der Waals surface area contributed by atoms with Gasteiger partial charge in [-0.2, -0.15) is 0 Å². The van der Waals surface area contributed by atoms with E-state index in [1.54, 1.807) is 0 Å². The number of fused-ring (bicyclic) bond motifs is 3. The summed E-state index contributed by atoms with van der Waals surface area (Å²) in [5, 5.41) is 14.7. The van der Waals surface area contributed by atoms with Crippen LogP contribution in [0.4, 0.5) is 0 Å². The molecule has 12 aromatic carbocycles. The first-order valence-electron chi connectivity index (χ1n) is 20.5. The largest absolute Gasteiger partial charge is 0.457 e. The fourth-order valence-corrected chi connectivity index (χ4v) is 9.14. The summed E-state index contributed by atoms with van der Waals surface area (Å²) >= 11 is 0. The summed E-state index contributed by atoms with van der Waals surface area (Å²) in [5.41, 5.74) is 7.26. The van der Waals surface area contributed by atoms with Gasteiger partial charge in [-0.3, -0.25) is 0 Å². The van der Waals surface area contributed by atoms with Crippen LogP contribution < -0.4 is 9.47 Å². The number of hydrogen-bond donors (Lipinski definition) is 0. The van der Waals surface area contributed by atoms with Gasteiger partial charge in [0.25, 0.3) is 0 Å². The molecule has 0 N–H and O–H groups in total. The number of para-hydroxylation sites is 2. The Morgan fingerprint density at radius 1 is 0.217 bits per heavy atom. The van der Waals surface area contributed by atoms with E-state index in [0.29, 0.717) is 0 Å². The Hall–Kier alpha value is -7.94. The predicted molar refractivity (Wildman–Crippen MR) is 252 cm³/mol. The van der Waals surface area contributed by atoms with E-state index >= 15 is 0 Å². The highest BCUT2D eigenvalue weighted by Crippen LogP contribution is 2.47. The highest BCUT2D eigenvalue weighted by Gasteiger charge is 2.19. The number of hydrogen-bond acceptors (Lipinski definition) is 2. The zero-order valence-electron chi connectivity index (χ0n) is 32.6. The number of ether oxygens (including phenoxy) is 2. The zero-order chi connectivity index (χ0) is 39.6. The smallest absolute Gasteiger partial charge is 0.128 e. The molecule has 0 radical (unpaired) electrons. The van der Waals surface area contributed by atoms with Crippen molar-refractivity contribution >= 4 is 64.6 Å². The van der Waals surface area contributed by atoms with Crippen LogP contribution in [0.25, 0.3) is 98.0 Å². The van der Waals surface area contributed by atoms with Crippen molar-refractivity contribution in [2.24, 2.45) is 0 Å². The zero-order valence-corrected chi connectivity index (χ0v) is 32.6. The van der Waals surface area contributed by atoms with E-state index in [0.717, 1.165) is 33.8 Å². The van der Waals surface area contributed by atoms with Crippen LogP contribution in [-0.4, -0.2) is 0 Å². The molecule has 0 aliphatic heterocycles. The average Bonchev–Trinajstić information content (AvgIpc) is 3.30. The first kappa shape index (κ1) is 34.1. The molecule has 0 bridgehead atoms. The second-order valence-electron chi connectivity index (χ2n) is 15.7. The first-order valence-corrected chi connectivity index (χ1v) is 20.5. The van der Waals surface area contributed by atoms with Crippen LogP contribution in [0.1, 0.15) is 0 Å². The Kier molecular flexibility index (Phi) is 7.89. The monoisotopic (exact) mass is 764 g/mol. The third kappa shape index (κ3) is 5.89. The molecule has 12 aromatic rings. The molecular formula is C58H36O2. The highest BCUT2D eigenvalue weighted by molar-refractivity contribution is 6.30. The summed E-state index contributed by atoms with van der Waals surface area (Å²) in [6.45, 7) is 0. The second kappa shape index (κ2) is 13.9. The van der Waals surface area contributed by atoms with Gasteiger partial charge in [-0.05, 0) is 171 Å². The SMILES string of the molecule is c1ccc(Oc2ccc3cc(-c4ccc5ccc6c(-c7ccc8cc(Oc9ccccc9)ccc8c7)cc(-c7ccc8ccccc8c7)c7ccc4c5c76)ccc3c2)cc1. The van der Waals surface area contributed by atoms with E-state index in [9.17, 15) is 0 Å². The fraction of sp³-hybridized carbons (Fsp3) is 0. The quantitative estimate of drug-likeness (QED) is 0.151. The van der Waals surface area contributed by atoms with E-state index in [4.69, 9.17) is 9.47 Å². The Bertz CT molecular complexity index is 3590. The van der Waals surface area contributed by atoms with Gasteiger partial charge in [0.1, 0.15) is 23.0 Å². The lowest BCUT2D eigenvalue weighted by atomic mass is 9.83. The van der Waals surface area contributed by atoms with Gasteiger partial charge in [0, 0.05) is 0 Å². The molecule has 0 saturated heterocycles. The Morgan fingerprint density at radius 2 is 0.617 bits per heavy atom. The van der Waals surface area contributed by atoms with E-state index in [-0.39, 0.29) is 0 Å². The predicted octanol–water partition coefficient (Wildman–Crippen LogP) is 16.6. The second-order valence-corrected chi connectivity index (χ2v) is 15.7. The van der Waals surface area contributed by atoms with Crippen LogP contribution in [0.3, 0.4) is 0 Å². The summed E-state index contributed by atoms with van der Waals surface area (Å²) in [4.78, 5) is 0. The van der Waals surface area contributed by atoms with Crippen LogP contribution in [-0.2, 0) is 0 Å². The molecule has 2 heteroatoms. The molecule has 0 aromatic heterocycles. The van der Waals surface area contributed by atoms with Gasteiger partial charge in [0.05, 0.1) is 0 Å². The van der Waals surface area contributed by atoms with Crippen LogP contribution in [0.2, 0.25) is 0 Å². The van der Waals surface area contributed by atoms with Crippen molar-refractivity contribution in [2.75, 3.05) is 0 Å². The molecule has 0 atom stereocenters. The van der Waals surface area contributed by atoms with Gasteiger partial charge < -0.3 is 9.47 Å². The topological polar surface area (TPSA) is 18.5 Å². The van der Waals surface area contributed by atoms with Gasteiger partial charge in [-0.1, -0.05) is 146 Å². The van der Waals surface area contributed by atoms with Crippen molar-refractivity contribution in [2.45, 2.75) is 0 Å². The van der Waals surface area contributed by atoms with Crippen LogP contribution in [0.15, 0.2) is 218 Å². The standard InChI is InChI=1S/C58H36O2/c1-3-11-47(12-4-1)59-49-25-21-40-32-44(19-16-42(40)34-49)51-27-23-38-24-28-53-55(46-20-17-43-35-50(26-22-41(43)33-46)60-48-13-5-2-6-14-48)36-56(54-30-29-52(51)57(38)58(53)54)45-18-15-37-9-7-8-10-39(37)31-45/h1-36H. The van der Waals surface area contributed by atoms with Crippen molar-refractivity contribution in [3.05, 3.63) is 218 Å². The summed E-state index contributed by atoms with van der Waals surface area (Å²) < 4.78 is 12.4. The van der Waals surface area contributed by atoms with E-state index in [1.807, 2.05) is 60.7 Å². The van der Waals surface area contributed by atoms with E-state index in [1.165, 1.54) is 87.2 Å². The van der Waals surface area contributed by atoms with Crippen LogP contribution >= 0.6 is 0 Å². The lowest BCUT2D eigenvalue weighted by Crippen LogP contribution is -1.93. The number of rotatable bonds is 7. The lowest BCUT2D eigenvalue weighted by molar-refractivity contribution is 0.483. The molecule has 0 aliphatic carbocycles. The van der Waals surface area contributed by atoms with Gasteiger partial charge in [0.2, 0.25) is 0 Å². The third-order valence-corrected chi connectivity index (χ3v) is 12.0. The molecule has 12 rings (SSSR count). The van der Waals surface area contributed by atoms with Crippen molar-refractivity contribution in [3.8, 4) is 56.4 Å². The van der Waals surface area contributed by atoms with Crippen molar-refractivity contribution < 1.29 is 9.47 Å². The molecule has 0 spiro atoms. The summed E-state index contributed by atoms with van der Waals surface area (Å²) in [7, 11) is 0. The maximum atomic E-state index is 6.20. The highest BCUT2D eigenvalue weighted by atomic mass is 16.5. The van der Waals surface area contributed by atoms with E-state index in [2.05, 4.69) is 158 Å². The normalized spacial score (nSPS) is 11.7. The fourth-order valence-electron chi connectivity index (χ4n) is 9.14. The Morgan fingerprint density at radius 3 is 1.20 bits per heavy atom. The molecule has 0 heterocycles. The van der Waals surface area contributed by atoms with Gasteiger partial charge in [0.15, 0.2) is 0 Å². The minimum atomic E-state index is 0.826. The molecule has 60 heavy (non-hydrogen) atoms. The molecule has 280 valence electrons. The van der Waals surface area contributed by atoms with Crippen molar-refractivity contribution in [1.29, 1.82) is 0 Å². The van der Waals surface area contributed by atoms with Gasteiger partial charge in [-0.15, -0.1) is 0 Å². The third-order valence-electron chi connectivity index (χ3n) is 12.0. The Balaban J connectivity index is 1.03. The molecule has 2 nitrogen and oxygen atoms in total. The summed E-state index contributed by atoms with van der Waals surface area (Å²) in [5.74, 6) is 3.32. The van der Waals surface area contributed by atoms with Gasteiger partial charge in [-0.25, -0.2) is 0 Å². The molecule has 0 saturated carbocycles. The van der Waals surface area contributed by atoms with Crippen molar-refractivity contribution in [3.63, 3.8) is 0 Å². The molecule has 0 fully saturated rings. The van der Waals surface area contributed by atoms with Crippen molar-refractivity contribution in [1.82, 2.24) is 0 Å². The van der Waals surface area contributed by atoms with E-state index < -0.39 is 0 Å². The minimum absolute atomic E-state index is 0.826. The lowest BCUT2D eigenvalue weighted by Gasteiger charge is -2.20. The molecule has 0 aliphatic rings. The van der Waals surface area contributed by atoms with Crippen LogP contribution in [0.5, 0.6) is 23.0 Å². The number of benzene rings is 12. The average molecular weight is 765 g/mol. The summed E-state index contributed by atoms with van der Waals surface area (Å²) in [6, 6.07) is 78.0. The summed E-state index contributed by atoms with van der Waals surface area (Å²) in [6.07, 6.45) is 0. The Labute approximate surface area is 347 Å². The first-order chi connectivity index (χ1) is 29.7. The molecular weight excluding hydrogens is 729 g/mol. The van der Waals surface area contributed by atoms with Gasteiger partial charge >= 0.3 is 0 Å². The van der Waals surface area contributed by atoms with Crippen LogP contribution in [0, 0.1) is 0 Å².